The number of benzene rings is 2. The molecule has 23 heavy (non-hydrogen) atoms. The molecule has 3 rings (SSSR count). The Bertz CT molecular complexity index is 831. The second kappa shape index (κ2) is 6.89. The van der Waals surface area contributed by atoms with Gasteiger partial charge in [0.15, 0.2) is 5.76 Å². The van der Waals surface area contributed by atoms with Crippen molar-refractivity contribution in [3.63, 3.8) is 0 Å². The van der Waals surface area contributed by atoms with Gasteiger partial charge in [0.2, 0.25) is 0 Å². The molecular weight excluding hydrogens is 332 g/mol. The highest BCUT2D eigenvalue weighted by atomic mass is 35.5. The Labute approximate surface area is 142 Å². The molecule has 4 nitrogen and oxygen atoms in total. The maximum Gasteiger partial charge on any atom is 0.311 e. The third kappa shape index (κ3) is 3.57. The van der Waals surface area contributed by atoms with Crippen molar-refractivity contribution in [3.05, 3.63) is 65.6 Å². The summed E-state index contributed by atoms with van der Waals surface area (Å²) in [5.41, 5.74) is 1.54. The number of carbonyl (C=O) groups excluding carboxylic acids is 1. The molecule has 1 aromatic heterocycles. The van der Waals surface area contributed by atoms with Gasteiger partial charge < -0.3 is 9.73 Å². The largest absolute Gasteiger partial charge is 0.432 e. The first-order valence-electron chi connectivity index (χ1n) is 6.83. The number of nitrogens with zero attached hydrogens (tertiary/aromatic N) is 1. The number of hydrogen-bond donors (Lipinski definition) is 1. The van der Waals surface area contributed by atoms with Crippen LogP contribution in [0.4, 0.5) is 5.69 Å². The zero-order chi connectivity index (χ0) is 16.2. The summed E-state index contributed by atoms with van der Waals surface area (Å²) in [5, 5.41) is 3.45. The predicted octanol–water partition coefficient (Wildman–Crippen LogP) is 4.97. The molecule has 0 spiro atoms. The second-order valence-electron chi connectivity index (χ2n) is 4.69. The van der Waals surface area contributed by atoms with Crippen LogP contribution in [0, 0.1) is 0 Å². The van der Waals surface area contributed by atoms with Crippen LogP contribution in [0.2, 0.25) is 5.02 Å². The molecule has 1 heterocycles. The van der Waals surface area contributed by atoms with E-state index in [0.29, 0.717) is 10.8 Å². The first-order valence-corrected chi connectivity index (χ1v) is 8.44. The Hall–Kier alpha value is -2.24. The highest BCUT2D eigenvalue weighted by molar-refractivity contribution is 7.98. The summed E-state index contributed by atoms with van der Waals surface area (Å²) in [6.07, 6.45) is 3.48. The van der Waals surface area contributed by atoms with Crippen LogP contribution in [0.1, 0.15) is 10.7 Å². The average molecular weight is 345 g/mol. The Morgan fingerprint density at radius 1 is 1.17 bits per heavy atom. The molecule has 0 aliphatic heterocycles. The number of nitrogens with one attached hydrogen (secondary N) is 1. The van der Waals surface area contributed by atoms with Crippen molar-refractivity contribution in [1.82, 2.24) is 4.98 Å². The second-order valence-corrected chi connectivity index (χ2v) is 5.98. The number of thioether (sulfide) groups is 1. The molecule has 0 bridgehead atoms. The third-order valence-electron chi connectivity index (χ3n) is 3.18. The number of halogens is 1. The minimum atomic E-state index is -0.383. The zero-order valence-electron chi connectivity index (χ0n) is 12.2. The number of hydrogen-bond acceptors (Lipinski definition) is 4. The van der Waals surface area contributed by atoms with Gasteiger partial charge in [-0.2, -0.15) is 0 Å². The lowest BCUT2D eigenvalue weighted by atomic mass is 10.2. The number of rotatable bonds is 4. The van der Waals surface area contributed by atoms with Gasteiger partial charge in [0, 0.05) is 15.5 Å². The highest BCUT2D eigenvalue weighted by Crippen LogP contribution is 2.26. The van der Waals surface area contributed by atoms with Crippen molar-refractivity contribution in [2.75, 3.05) is 11.6 Å². The molecule has 0 unspecified atom stereocenters. The van der Waals surface area contributed by atoms with E-state index in [1.807, 2.05) is 42.7 Å². The van der Waals surface area contributed by atoms with Gasteiger partial charge in [-0.25, -0.2) is 4.98 Å². The van der Waals surface area contributed by atoms with Gasteiger partial charge in [0.05, 0.1) is 11.9 Å². The number of para-hydroxylation sites is 1. The van der Waals surface area contributed by atoms with Crippen LogP contribution in [0.25, 0.3) is 11.3 Å². The molecule has 6 heteroatoms. The molecule has 3 aromatic rings. The van der Waals surface area contributed by atoms with Crippen molar-refractivity contribution in [2.45, 2.75) is 4.90 Å². The molecule has 1 N–H and O–H groups in total. The normalized spacial score (nSPS) is 10.5. The van der Waals surface area contributed by atoms with Crippen LogP contribution in [-0.4, -0.2) is 17.1 Å². The Morgan fingerprint density at radius 3 is 2.65 bits per heavy atom. The SMILES string of the molecule is CSc1ccccc1NC(=O)c1ncc(-c2ccc(Cl)cc2)o1. The van der Waals surface area contributed by atoms with E-state index in [2.05, 4.69) is 10.3 Å². The van der Waals surface area contributed by atoms with E-state index in [4.69, 9.17) is 16.0 Å². The van der Waals surface area contributed by atoms with Gasteiger partial charge in [0.25, 0.3) is 5.89 Å². The topological polar surface area (TPSA) is 55.1 Å². The van der Waals surface area contributed by atoms with Gasteiger partial charge in [-0.05, 0) is 42.7 Å². The van der Waals surface area contributed by atoms with Gasteiger partial charge in [-0.1, -0.05) is 23.7 Å². The Balaban J connectivity index is 1.80. The van der Waals surface area contributed by atoms with E-state index in [0.717, 1.165) is 16.1 Å². The molecule has 0 saturated carbocycles. The van der Waals surface area contributed by atoms with E-state index in [-0.39, 0.29) is 11.8 Å². The van der Waals surface area contributed by atoms with Crippen molar-refractivity contribution in [1.29, 1.82) is 0 Å². The van der Waals surface area contributed by atoms with Crippen LogP contribution in [-0.2, 0) is 0 Å². The minimum Gasteiger partial charge on any atom is -0.432 e. The molecule has 0 aliphatic carbocycles. The van der Waals surface area contributed by atoms with Gasteiger partial charge in [0.1, 0.15) is 0 Å². The molecule has 0 fully saturated rings. The summed E-state index contributed by atoms with van der Waals surface area (Å²) >= 11 is 7.42. The van der Waals surface area contributed by atoms with Crippen LogP contribution < -0.4 is 5.32 Å². The zero-order valence-corrected chi connectivity index (χ0v) is 13.8. The summed E-state index contributed by atoms with van der Waals surface area (Å²) in [4.78, 5) is 17.3. The van der Waals surface area contributed by atoms with Crippen molar-refractivity contribution in [3.8, 4) is 11.3 Å². The smallest absolute Gasteiger partial charge is 0.311 e. The van der Waals surface area contributed by atoms with Crippen LogP contribution in [0.5, 0.6) is 0 Å². The summed E-state index contributed by atoms with van der Waals surface area (Å²) < 4.78 is 5.54. The summed E-state index contributed by atoms with van der Waals surface area (Å²) in [5.74, 6) is 0.155. The Kier molecular flexibility index (Phi) is 4.69. The van der Waals surface area contributed by atoms with E-state index in [9.17, 15) is 4.79 Å². The lowest BCUT2D eigenvalue weighted by molar-refractivity contribution is 0.0991. The first-order chi connectivity index (χ1) is 11.2. The van der Waals surface area contributed by atoms with Crippen LogP contribution in [0.3, 0.4) is 0 Å². The van der Waals surface area contributed by atoms with Gasteiger partial charge in [-0.3, -0.25) is 4.79 Å². The third-order valence-corrected chi connectivity index (χ3v) is 4.23. The maximum atomic E-state index is 12.3. The van der Waals surface area contributed by atoms with E-state index < -0.39 is 0 Å². The number of carbonyl (C=O) groups is 1. The number of anilines is 1. The van der Waals surface area contributed by atoms with E-state index in [1.54, 1.807) is 23.9 Å². The monoisotopic (exact) mass is 344 g/mol. The summed E-state index contributed by atoms with van der Waals surface area (Å²) in [6, 6.07) is 14.7. The molecule has 1 amide bonds. The fraction of sp³-hybridized carbons (Fsp3) is 0.0588. The fourth-order valence-electron chi connectivity index (χ4n) is 2.05. The number of oxazole rings is 1. The van der Waals surface area contributed by atoms with Crippen LogP contribution in [0.15, 0.2) is 64.0 Å². The molecule has 116 valence electrons. The van der Waals surface area contributed by atoms with Gasteiger partial charge >= 0.3 is 5.91 Å². The maximum absolute atomic E-state index is 12.3. The summed E-state index contributed by atoms with van der Waals surface area (Å²) in [7, 11) is 0. The first kappa shape index (κ1) is 15.6. The standard InChI is InChI=1S/C17H13ClN2O2S/c1-23-15-5-3-2-4-13(15)20-16(21)17-19-10-14(22-17)11-6-8-12(18)9-7-11/h2-10H,1H3,(H,20,21). The summed E-state index contributed by atoms with van der Waals surface area (Å²) in [6.45, 7) is 0. The van der Waals surface area contributed by atoms with Gasteiger partial charge in [-0.15, -0.1) is 11.8 Å². The minimum absolute atomic E-state index is 0.0193. The quantitative estimate of drug-likeness (QED) is 0.679. The van der Waals surface area contributed by atoms with Crippen molar-refractivity contribution in [2.24, 2.45) is 0 Å². The molecule has 0 atom stereocenters. The molecular formula is C17H13ClN2O2S. The number of aromatic nitrogens is 1. The van der Waals surface area contributed by atoms with Crippen molar-refractivity contribution >= 4 is 35.0 Å². The van der Waals surface area contributed by atoms with Crippen LogP contribution >= 0.6 is 23.4 Å². The van der Waals surface area contributed by atoms with E-state index >= 15 is 0 Å². The number of amides is 1. The predicted molar refractivity (Wildman–Crippen MR) is 93.1 cm³/mol. The fourth-order valence-corrected chi connectivity index (χ4v) is 2.73. The molecule has 2 aromatic carbocycles. The molecule has 0 radical (unpaired) electrons. The lowest BCUT2D eigenvalue weighted by Gasteiger charge is -2.07. The Morgan fingerprint density at radius 2 is 1.91 bits per heavy atom. The highest BCUT2D eigenvalue weighted by Gasteiger charge is 2.15. The van der Waals surface area contributed by atoms with E-state index in [1.165, 1.54) is 6.20 Å². The van der Waals surface area contributed by atoms with Crippen molar-refractivity contribution < 1.29 is 9.21 Å². The molecule has 0 saturated heterocycles. The average Bonchev–Trinajstić information content (AvgIpc) is 3.06. The lowest BCUT2D eigenvalue weighted by Crippen LogP contribution is -2.12. The molecule has 0 aliphatic rings.